The van der Waals surface area contributed by atoms with Gasteiger partial charge in [0, 0.05) is 30.5 Å². The molecule has 0 radical (unpaired) electrons. The third-order valence-corrected chi connectivity index (χ3v) is 4.92. The van der Waals surface area contributed by atoms with Gasteiger partial charge >= 0.3 is 0 Å². The van der Waals surface area contributed by atoms with Gasteiger partial charge in [-0.05, 0) is 54.4 Å². The molecule has 1 aliphatic rings. The SMILES string of the molecule is CCCN(Cc1cccn1Cc1cccc(F)c1)C(=O)c1ccc2c(c1)OCO2. The monoisotopic (exact) mass is 394 g/mol. The van der Waals surface area contributed by atoms with Gasteiger partial charge in [0.1, 0.15) is 5.82 Å². The summed E-state index contributed by atoms with van der Waals surface area (Å²) in [7, 11) is 0. The molecule has 0 saturated carbocycles. The van der Waals surface area contributed by atoms with Crippen molar-refractivity contribution in [2.45, 2.75) is 26.4 Å². The van der Waals surface area contributed by atoms with Gasteiger partial charge in [-0.25, -0.2) is 4.39 Å². The molecule has 0 atom stereocenters. The van der Waals surface area contributed by atoms with Gasteiger partial charge in [-0.3, -0.25) is 4.79 Å². The van der Waals surface area contributed by atoms with Crippen LogP contribution in [-0.4, -0.2) is 28.7 Å². The van der Waals surface area contributed by atoms with E-state index in [0.717, 1.165) is 17.7 Å². The van der Waals surface area contributed by atoms with E-state index in [1.54, 1.807) is 24.3 Å². The Morgan fingerprint density at radius 1 is 1.10 bits per heavy atom. The van der Waals surface area contributed by atoms with Crippen LogP contribution < -0.4 is 9.47 Å². The first kappa shape index (κ1) is 19.1. The van der Waals surface area contributed by atoms with Crippen LogP contribution in [-0.2, 0) is 13.1 Å². The van der Waals surface area contributed by atoms with E-state index in [-0.39, 0.29) is 18.5 Å². The number of hydrogen-bond acceptors (Lipinski definition) is 3. The van der Waals surface area contributed by atoms with Crippen molar-refractivity contribution in [2.75, 3.05) is 13.3 Å². The molecule has 0 saturated heterocycles. The predicted molar refractivity (Wildman–Crippen MR) is 108 cm³/mol. The maximum Gasteiger partial charge on any atom is 0.254 e. The van der Waals surface area contributed by atoms with E-state index in [4.69, 9.17) is 9.47 Å². The van der Waals surface area contributed by atoms with E-state index >= 15 is 0 Å². The summed E-state index contributed by atoms with van der Waals surface area (Å²) in [5, 5.41) is 0. The van der Waals surface area contributed by atoms with Crippen LogP contribution in [0, 0.1) is 5.82 Å². The smallest absolute Gasteiger partial charge is 0.254 e. The van der Waals surface area contributed by atoms with Crippen molar-refractivity contribution in [1.29, 1.82) is 0 Å². The molecule has 1 aromatic heterocycles. The molecule has 150 valence electrons. The molecule has 0 fully saturated rings. The average molecular weight is 394 g/mol. The molecule has 4 rings (SSSR count). The van der Waals surface area contributed by atoms with Crippen molar-refractivity contribution < 1.29 is 18.7 Å². The summed E-state index contributed by atoms with van der Waals surface area (Å²) in [5.74, 6) is 0.958. The summed E-state index contributed by atoms with van der Waals surface area (Å²) in [5.41, 5.74) is 2.45. The zero-order valence-corrected chi connectivity index (χ0v) is 16.3. The van der Waals surface area contributed by atoms with Gasteiger partial charge in [-0.1, -0.05) is 19.1 Å². The minimum Gasteiger partial charge on any atom is -0.454 e. The van der Waals surface area contributed by atoms with Crippen molar-refractivity contribution in [1.82, 2.24) is 9.47 Å². The summed E-state index contributed by atoms with van der Waals surface area (Å²) >= 11 is 0. The Balaban J connectivity index is 1.53. The van der Waals surface area contributed by atoms with Gasteiger partial charge in [0.05, 0.1) is 6.54 Å². The minimum absolute atomic E-state index is 0.0522. The molecule has 0 N–H and O–H groups in total. The lowest BCUT2D eigenvalue weighted by Gasteiger charge is -2.23. The number of rotatable bonds is 7. The number of nitrogens with zero attached hydrogens (tertiary/aromatic N) is 2. The second-order valence-electron chi connectivity index (χ2n) is 7.05. The highest BCUT2D eigenvalue weighted by Crippen LogP contribution is 2.33. The van der Waals surface area contributed by atoms with Crippen LogP contribution in [0.1, 0.15) is 35.0 Å². The Morgan fingerprint density at radius 3 is 2.79 bits per heavy atom. The molecule has 2 aromatic carbocycles. The van der Waals surface area contributed by atoms with Crippen molar-refractivity contribution in [3.8, 4) is 11.5 Å². The summed E-state index contributed by atoms with van der Waals surface area (Å²) < 4.78 is 26.3. The zero-order valence-electron chi connectivity index (χ0n) is 16.3. The standard InChI is InChI=1S/C23H23FN2O3/c1-2-10-26(23(27)18-8-9-21-22(13-18)29-16-28-21)15-20-7-4-11-25(20)14-17-5-3-6-19(24)12-17/h3-9,11-13H,2,10,14-16H2,1H3. The van der Waals surface area contributed by atoms with E-state index in [1.165, 1.54) is 12.1 Å². The molecule has 0 spiro atoms. The van der Waals surface area contributed by atoms with Gasteiger partial charge in [0.15, 0.2) is 11.5 Å². The van der Waals surface area contributed by atoms with Gasteiger partial charge in [0.2, 0.25) is 6.79 Å². The Bertz CT molecular complexity index is 1010. The Kier molecular flexibility index (Phi) is 5.51. The van der Waals surface area contributed by atoms with Crippen LogP contribution >= 0.6 is 0 Å². The summed E-state index contributed by atoms with van der Waals surface area (Å²) in [4.78, 5) is 15.0. The van der Waals surface area contributed by atoms with Crippen LogP contribution in [0.3, 0.4) is 0 Å². The quantitative estimate of drug-likeness (QED) is 0.594. The van der Waals surface area contributed by atoms with Crippen molar-refractivity contribution in [3.05, 3.63) is 83.4 Å². The number of carbonyl (C=O) groups excluding carboxylic acids is 1. The van der Waals surface area contributed by atoms with E-state index < -0.39 is 0 Å². The number of ether oxygens (including phenoxy) is 2. The molecule has 5 nitrogen and oxygen atoms in total. The molecule has 3 aromatic rings. The fraction of sp³-hybridized carbons (Fsp3) is 0.261. The molecule has 29 heavy (non-hydrogen) atoms. The maximum atomic E-state index is 13.5. The van der Waals surface area contributed by atoms with Crippen LogP contribution in [0.4, 0.5) is 4.39 Å². The van der Waals surface area contributed by atoms with Crippen LogP contribution in [0.15, 0.2) is 60.8 Å². The van der Waals surface area contributed by atoms with Gasteiger partial charge in [-0.2, -0.15) is 0 Å². The molecule has 1 aliphatic heterocycles. The lowest BCUT2D eigenvalue weighted by Crippen LogP contribution is -2.32. The number of halogens is 1. The zero-order chi connectivity index (χ0) is 20.2. The molecular formula is C23H23FN2O3. The lowest BCUT2D eigenvalue weighted by atomic mass is 10.1. The number of aromatic nitrogens is 1. The third kappa shape index (κ3) is 4.26. The third-order valence-electron chi connectivity index (χ3n) is 4.92. The fourth-order valence-electron chi connectivity index (χ4n) is 3.51. The van der Waals surface area contributed by atoms with Crippen molar-refractivity contribution >= 4 is 5.91 Å². The van der Waals surface area contributed by atoms with Crippen molar-refractivity contribution in [3.63, 3.8) is 0 Å². The molecule has 0 unspecified atom stereocenters. The predicted octanol–water partition coefficient (Wildman–Crippen LogP) is 4.46. The van der Waals surface area contributed by atoms with Gasteiger partial charge in [-0.15, -0.1) is 0 Å². The second-order valence-corrected chi connectivity index (χ2v) is 7.05. The van der Waals surface area contributed by atoms with Crippen LogP contribution in [0.5, 0.6) is 11.5 Å². The van der Waals surface area contributed by atoms with Gasteiger partial charge < -0.3 is 18.9 Å². The summed E-state index contributed by atoms with van der Waals surface area (Å²) in [6.45, 7) is 3.89. The van der Waals surface area contributed by atoms with E-state index in [2.05, 4.69) is 0 Å². The first-order valence-electron chi connectivity index (χ1n) is 9.71. The molecule has 0 aliphatic carbocycles. The normalized spacial score (nSPS) is 12.2. The Morgan fingerprint density at radius 2 is 1.97 bits per heavy atom. The second kappa shape index (κ2) is 8.39. The highest BCUT2D eigenvalue weighted by molar-refractivity contribution is 5.95. The average Bonchev–Trinajstić information content (AvgIpc) is 3.36. The summed E-state index contributed by atoms with van der Waals surface area (Å²) in [6.07, 6.45) is 2.80. The number of carbonyl (C=O) groups is 1. The number of hydrogen-bond donors (Lipinski definition) is 0. The van der Waals surface area contributed by atoms with Crippen LogP contribution in [0.25, 0.3) is 0 Å². The number of amides is 1. The topological polar surface area (TPSA) is 43.7 Å². The fourth-order valence-corrected chi connectivity index (χ4v) is 3.51. The van der Waals surface area contributed by atoms with Crippen molar-refractivity contribution in [2.24, 2.45) is 0 Å². The first-order valence-corrected chi connectivity index (χ1v) is 9.71. The molecule has 2 heterocycles. The van der Waals surface area contributed by atoms with E-state index in [0.29, 0.717) is 36.7 Å². The van der Waals surface area contributed by atoms with Crippen LogP contribution in [0.2, 0.25) is 0 Å². The highest BCUT2D eigenvalue weighted by Gasteiger charge is 2.21. The maximum absolute atomic E-state index is 13.5. The Labute approximate surface area is 169 Å². The Hall–Kier alpha value is -3.28. The van der Waals surface area contributed by atoms with E-state index in [9.17, 15) is 9.18 Å². The minimum atomic E-state index is -0.248. The lowest BCUT2D eigenvalue weighted by molar-refractivity contribution is 0.0739. The van der Waals surface area contributed by atoms with E-state index in [1.807, 2.05) is 40.8 Å². The first-order chi connectivity index (χ1) is 14.1. The largest absolute Gasteiger partial charge is 0.454 e. The molecular weight excluding hydrogens is 371 g/mol. The number of fused-ring (bicyclic) bond motifs is 1. The highest BCUT2D eigenvalue weighted by atomic mass is 19.1. The molecule has 0 bridgehead atoms. The number of benzene rings is 2. The molecule has 1 amide bonds. The summed E-state index contributed by atoms with van der Waals surface area (Å²) in [6, 6.07) is 15.8. The molecule has 6 heteroatoms. The van der Waals surface area contributed by atoms with Gasteiger partial charge in [0.25, 0.3) is 5.91 Å².